The number of nitrogen functional groups attached to an aromatic ring is 1. The van der Waals surface area contributed by atoms with Crippen LogP contribution in [-0.2, 0) is 61.6 Å². The van der Waals surface area contributed by atoms with Crippen molar-refractivity contribution in [1.82, 2.24) is 0 Å². The predicted molar refractivity (Wildman–Crippen MR) is 200 cm³/mol. The number of ether oxygens (including phenoxy) is 13. The van der Waals surface area contributed by atoms with Gasteiger partial charge < -0.3 is 67.3 Å². The number of esters is 1. The lowest BCUT2D eigenvalue weighted by molar-refractivity contribution is -0.150. The predicted octanol–water partition coefficient (Wildman–Crippen LogP) is 3.59. The van der Waals surface area contributed by atoms with E-state index >= 15 is 0 Å². The Hall–Kier alpha value is -2.15. The molecule has 0 spiro atoms. The zero-order chi connectivity index (χ0) is 38.1. The zero-order valence-electron chi connectivity index (χ0n) is 32.5. The first kappa shape index (κ1) is 48.9. The molecule has 0 aliphatic heterocycles. The maximum Gasteiger partial charge on any atom is 0.308 e. The number of hydrogen-bond acceptors (Lipinski definition) is 15. The van der Waals surface area contributed by atoms with Crippen LogP contribution in [0, 0.1) is 5.92 Å². The maximum atomic E-state index is 12.0. The summed E-state index contributed by atoms with van der Waals surface area (Å²) in [5.74, 6) is 0.640. The van der Waals surface area contributed by atoms with Gasteiger partial charge in [-0.3, -0.25) is 4.79 Å². The Morgan fingerprint density at radius 3 is 1.08 bits per heavy atom. The number of rotatable bonds is 42. The molecular weight excluding hydrogens is 694 g/mol. The van der Waals surface area contributed by atoms with Crippen LogP contribution in [0.3, 0.4) is 0 Å². The van der Waals surface area contributed by atoms with E-state index < -0.39 is 0 Å². The fourth-order valence-corrected chi connectivity index (χ4v) is 4.34. The standard InChI is InChI=1S/C38H69NO14/c1-3-5-6-35(4-2)38(40)53-34-32-51-30-28-49-26-24-47-22-20-45-18-16-43-14-12-41-11-13-42-15-17-44-19-21-46-23-25-48-27-29-50-31-33-52-37-9-7-36(39)8-10-37/h7-10,35H,3-6,11-34,39H2,1-2H3. The summed E-state index contributed by atoms with van der Waals surface area (Å²) >= 11 is 0. The van der Waals surface area contributed by atoms with Gasteiger partial charge in [-0.05, 0) is 37.1 Å². The van der Waals surface area contributed by atoms with E-state index in [1.165, 1.54) is 0 Å². The van der Waals surface area contributed by atoms with Crippen LogP contribution >= 0.6 is 0 Å². The van der Waals surface area contributed by atoms with Crippen molar-refractivity contribution in [3.63, 3.8) is 0 Å². The monoisotopic (exact) mass is 763 g/mol. The maximum absolute atomic E-state index is 12.0. The van der Waals surface area contributed by atoms with Crippen LogP contribution in [0.5, 0.6) is 5.75 Å². The van der Waals surface area contributed by atoms with E-state index in [1.807, 2.05) is 19.1 Å². The minimum absolute atomic E-state index is 0.00664. The van der Waals surface area contributed by atoms with Crippen LogP contribution in [0.2, 0.25) is 0 Å². The molecule has 0 amide bonds. The molecule has 0 fully saturated rings. The molecule has 53 heavy (non-hydrogen) atoms. The Bertz CT molecular complexity index is 898. The fourth-order valence-electron chi connectivity index (χ4n) is 4.34. The van der Waals surface area contributed by atoms with Crippen molar-refractivity contribution >= 4 is 11.7 Å². The first-order valence-corrected chi connectivity index (χ1v) is 19.2. The van der Waals surface area contributed by atoms with E-state index in [-0.39, 0.29) is 18.5 Å². The number of anilines is 1. The summed E-state index contributed by atoms with van der Waals surface area (Å²) in [7, 11) is 0. The first-order chi connectivity index (χ1) is 26.2. The van der Waals surface area contributed by atoms with Gasteiger partial charge in [-0.25, -0.2) is 0 Å². The molecule has 0 saturated heterocycles. The second-order valence-corrected chi connectivity index (χ2v) is 11.6. The molecule has 1 unspecified atom stereocenters. The van der Waals surface area contributed by atoms with Gasteiger partial charge in [0.05, 0.1) is 151 Å². The topological polar surface area (TPSA) is 163 Å². The van der Waals surface area contributed by atoms with E-state index in [0.717, 1.165) is 31.4 Å². The first-order valence-electron chi connectivity index (χ1n) is 19.2. The number of hydrogen-bond donors (Lipinski definition) is 1. The summed E-state index contributed by atoms with van der Waals surface area (Å²) in [6.07, 6.45) is 3.82. The lowest BCUT2D eigenvalue weighted by atomic mass is 10.00. The summed E-state index contributed by atoms with van der Waals surface area (Å²) < 4.78 is 71.2. The van der Waals surface area contributed by atoms with Crippen molar-refractivity contribution in [3.05, 3.63) is 24.3 Å². The van der Waals surface area contributed by atoms with Crippen LogP contribution in [0.1, 0.15) is 39.5 Å². The third-order valence-corrected chi connectivity index (χ3v) is 7.30. The third kappa shape index (κ3) is 34.1. The molecular formula is C38H69NO14. The van der Waals surface area contributed by atoms with Gasteiger partial charge >= 0.3 is 5.97 Å². The molecule has 0 bridgehead atoms. The van der Waals surface area contributed by atoms with E-state index in [9.17, 15) is 4.79 Å². The van der Waals surface area contributed by atoms with Crippen molar-refractivity contribution in [1.29, 1.82) is 0 Å². The van der Waals surface area contributed by atoms with Gasteiger partial charge in [0.25, 0.3) is 0 Å². The average molecular weight is 764 g/mol. The van der Waals surface area contributed by atoms with Crippen LogP contribution in [0.4, 0.5) is 5.69 Å². The second kappa shape index (κ2) is 39.5. The van der Waals surface area contributed by atoms with Crippen molar-refractivity contribution in [2.75, 3.05) is 164 Å². The summed E-state index contributed by atoms with van der Waals surface area (Å²) in [4.78, 5) is 12.0. The zero-order valence-corrected chi connectivity index (χ0v) is 32.5. The molecule has 0 aliphatic rings. The number of nitrogens with two attached hydrogens (primary N) is 1. The third-order valence-electron chi connectivity index (χ3n) is 7.30. The van der Waals surface area contributed by atoms with Crippen molar-refractivity contribution in [3.8, 4) is 5.75 Å². The molecule has 0 aromatic heterocycles. The van der Waals surface area contributed by atoms with Gasteiger partial charge in [0.1, 0.15) is 19.0 Å². The number of benzene rings is 1. The molecule has 15 heteroatoms. The highest BCUT2D eigenvalue weighted by molar-refractivity contribution is 5.72. The highest BCUT2D eigenvalue weighted by atomic mass is 16.6. The summed E-state index contributed by atoms with van der Waals surface area (Å²) in [5, 5.41) is 0. The summed E-state index contributed by atoms with van der Waals surface area (Å²) in [6, 6.07) is 7.26. The number of carbonyl (C=O) groups is 1. The Kier molecular flexibility index (Phi) is 36.5. The van der Waals surface area contributed by atoms with Gasteiger partial charge in [0, 0.05) is 5.69 Å². The quantitative estimate of drug-likeness (QED) is 0.0584. The summed E-state index contributed by atoms with van der Waals surface area (Å²) in [5.41, 5.74) is 6.35. The molecule has 1 atom stereocenters. The molecule has 2 N–H and O–H groups in total. The van der Waals surface area contributed by atoms with Crippen molar-refractivity contribution in [2.24, 2.45) is 5.92 Å². The smallest absolute Gasteiger partial charge is 0.308 e. The lowest BCUT2D eigenvalue weighted by Gasteiger charge is -2.13. The van der Waals surface area contributed by atoms with Gasteiger partial charge in [0.2, 0.25) is 0 Å². The van der Waals surface area contributed by atoms with E-state index in [0.29, 0.717) is 158 Å². The Morgan fingerprint density at radius 1 is 0.472 bits per heavy atom. The highest BCUT2D eigenvalue weighted by Crippen LogP contribution is 2.14. The molecule has 1 rings (SSSR count). The van der Waals surface area contributed by atoms with E-state index in [2.05, 4.69) is 6.92 Å². The van der Waals surface area contributed by atoms with Crippen LogP contribution < -0.4 is 10.5 Å². The van der Waals surface area contributed by atoms with Crippen molar-refractivity contribution < 1.29 is 66.4 Å². The largest absolute Gasteiger partial charge is 0.491 e. The van der Waals surface area contributed by atoms with Crippen molar-refractivity contribution in [2.45, 2.75) is 39.5 Å². The minimum Gasteiger partial charge on any atom is -0.491 e. The normalized spacial score (nSPS) is 12.0. The number of unbranched alkanes of at least 4 members (excludes halogenated alkanes) is 1. The highest BCUT2D eigenvalue weighted by Gasteiger charge is 2.17. The van der Waals surface area contributed by atoms with Gasteiger partial charge in [-0.2, -0.15) is 0 Å². The van der Waals surface area contributed by atoms with Crippen LogP contribution in [-0.4, -0.2) is 165 Å². The van der Waals surface area contributed by atoms with E-state index in [1.54, 1.807) is 12.1 Å². The molecule has 1 aromatic carbocycles. The van der Waals surface area contributed by atoms with Gasteiger partial charge in [-0.15, -0.1) is 0 Å². The fraction of sp³-hybridized carbons (Fsp3) is 0.816. The molecule has 0 saturated carbocycles. The lowest BCUT2D eigenvalue weighted by Crippen LogP contribution is -2.20. The van der Waals surface area contributed by atoms with Crippen LogP contribution in [0.25, 0.3) is 0 Å². The molecule has 0 aliphatic carbocycles. The Labute approximate surface area is 317 Å². The number of carbonyl (C=O) groups excluding carboxylic acids is 1. The van der Waals surface area contributed by atoms with Gasteiger partial charge in [0.15, 0.2) is 0 Å². The molecule has 310 valence electrons. The molecule has 15 nitrogen and oxygen atoms in total. The SMILES string of the molecule is CCCCC(CC)C(=O)OCCOCCOCCOCCOCCOCCOCCOCCOCCOCCOCCOCCOc1ccc(N)cc1. The van der Waals surface area contributed by atoms with Gasteiger partial charge in [-0.1, -0.05) is 26.7 Å². The second-order valence-electron chi connectivity index (χ2n) is 11.6. The molecule has 0 heterocycles. The Morgan fingerprint density at radius 2 is 0.774 bits per heavy atom. The van der Waals surface area contributed by atoms with Crippen LogP contribution in [0.15, 0.2) is 24.3 Å². The van der Waals surface area contributed by atoms with E-state index in [4.69, 9.17) is 67.3 Å². The average Bonchev–Trinajstić information content (AvgIpc) is 3.17. The summed E-state index contributed by atoms with van der Waals surface area (Å²) in [6.45, 7) is 15.6. The molecule has 0 radical (unpaired) electrons. The minimum atomic E-state index is -0.122. The Balaban J connectivity index is 1.65. The molecule has 1 aromatic rings.